The van der Waals surface area contributed by atoms with Crippen LogP contribution in [-0.4, -0.2) is 8.53 Å². The second kappa shape index (κ2) is 1.19. The van der Waals surface area contributed by atoms with Gasteiger partial charge in [0.05, 0.1) is 0 Å². The van der Waals surface area contributed by atoms with Crippen LogP contribution in [0.3, 0.4) is 0 Å². The van der Waals surface area contributed by atoms with Gasteiger partial charge in [0.15, 0.2) is 0 Å². The molecule has 48 valence electrons. The molecule has 0 rings (SSSR count). The second-order valence-corrected chi connectivity index (χ2v) is 26.2. The van der Waals surface area contributed by atoms with Crippen LogP contribution in [0.1, 0.15) is 0 Å². The summed E-state index contributed by atoms with van der Waals surface area (Å²) in [6.07, 6.45) is 0. The summed E-state index contributed by atoms with van der Waals surface area (Å²) in [5.41, 5.74) is 0. The standard InChI is InChI=1S/AsCl4F2/c2-1(3,4,5,6)7/q-1. The van der Waals surface area contributed by atoms with Crippen molar-refractivity contribution < 1.29 is 6.93 Å². The van der Waals surface area contributed by atoms with Crippen LogP contribution in [0.5, 0.6) is 0 Å². The van der Waals surface area contributed by atoms with E-state index in [0.717, 1.165) is 0 Å². The van der Waals surface area contributed by atoms with Crippen molar-refractivity contribution in [1.82, 2.24) is 0 Å². The fraction of sp³-hybridized carbons (Fsp3) is 0. The van der Waals surface area contributed by atoms with Crippen LogP contribution in [0.25, 0.3) is 0 Å². The fourth-order valence-corrected chi connectivity index (χ4v) is 0. The van der Waals surface area contributed by atoms with Gasteiger partial charge >= 0.3 is 55.3 Å². The first-order valence-electron chi connectivity index (χ1n) is 1.01. The molecule has 0 heterocycles. The van der Waals surface area contributed by atoms with Crippen molar-refractivity contribution in [2.24, 2.45) is 0 Å². The Morgan fingerprint density at radius 3 is 0.857 bits per heavy atom. The summed E-state index contributed by atoms with van der Waals surface area (Å²) in [5.74, 6) is 0. The van der Waals surface area contributed by atoms with E-state index in [2.05, 4.69) is 39.8 Å². The van der Waals surface area contributed by atoms with E-state index in [0.29, 0.717) is 0 Å². The summed E-state index contributed by atoms with van der Waals surface area (Å²) < 4.78 is 23.3. The van der Waals surface area contributed by atoms with E-state index in [1.54, 1.807) is 0 Å². The SMILES string of the molecule is F[As-](F)(Cl)(Cl)(Cl)Cl. The maximum atomic E-state index is 11.6. The monoisotopic (exact) mass is 253 g/mol. The minimum atomic E-state index is -7.17. The van der Waals surface area contributed by atoms with Crippen molar-refractivity contribution in [3.63, 3.8) is 0 Å². The molecule has 0 saturated carbocycles. The molecule has 0 aliphatic heterocycles. The Hall–Kier alpha value is 1.58. The van der Waals surface area contributed by atoms with Crippen LogP contribution >= 0.6 is 39.8 Å². The molecule has 0 unspecified atom stereocenters. The second-order valence-electron chi connectivity index (χ2n) is 0.958. The molecule has 0 aromatic carbocycles. The number of hydrogen-bond donors (Lipinski definition) is 0. The molecule has 7 heavy (non-hydrogen) atoms. The zero-order valence-electron chi connectivity index (χ0n) is 2.72. The molecule has 0 fully saturated rings. The third-order valence-electron chi connectivity index (χ3n) is 0. The van der Waals surface area contributed by atoms with Crippen molar-refractivity contribution in [3.8, 4) is 0 Å². The summed E-state index contributed by atoms with van der Waals surface area (Å²) in [4.78, 5) is 0. The van der Waals surface area contributed by atoms with E-state index in [9.17, 15) is 6.93 Å². The van der Waals surface area contributed by atoms with Crippen LogP contribution in [0.2, 0.25) is 0 Å². The molecule has 0 saturated heterocycles. The zero-order chi connectivity index (χ0) is 6.41. The van der Waals surface area contributed by atoms with E-state index in [1.807, 2.05) is 0 Å². The first-order chi connectivity index (χ1) is 2.45. The van der Waals surface area contributed by atoms with Crippen LogP contribution < -0.4 is 0 Å². The van der Waals surface area contributed by atoms with Crippen LogP contribution in [0.15, 0.2) is 0 Å². The van der Waals surface area contributed by atoms with Gasteiger partial charge in [-0.05, 0) is 0 Å². The van der Waals surface area contributed by atoms with Gasteiger partial charge in [0.1, 0.15) is 0 Å². The molecule has 0 spiro atoms. The predicted molar refractivity (Wildman–Crippen MR) is 31.4 cm³/mol. The molecular weight excluding hydrogens is 255 g/mol. The molecule has 0 N–H and O–H groups in total. The Kier molecular flexibility index (Phi) is 1.46. The predicted octanol–water partition coefficient (Wildman–Crippen LogP) is 3.22. The van der Waals surface area contributed by atoms with E-state index in [-0.39, 0.29) is 0 Å². The van der Waals surface area contributed by atoms with Crippen LogP contribution in [0, 0.1) is 0 Å². The zero-order valence-corrected chi connectivity index (χ0v) is 7.62. The molecule has 0 radical (unpaired) electrons. The van der Waals surface area contributed by atoms with Gasteiger partial charge in [0, 0.05) is 0 Å². The first kappa shape index (κ1) is 8.58. The molecular formula is AsCl4F2-. The van der Waals surface area contributed by atoms with E-state index < -0.39 is 8.53 Å². The topological polar surface area (TPSA) is 0 Å². The summed E-state index contributed by atoms with van der Waals surface area (Å²) in [5, 5.41) is 0. The average molecular weight is 255 g/mol. The van der Waals surface area contributed by atoms with Gasteiger partial charge in [-0.1, -0.05) is 0 Å². The molecule has 0 aromatic rings. The van der Waals surface area contributed by atoms with Crippen LogP contribution in [-0.2, 0) is 0 Å². The Bertz CT molecular complexity index is 68.3. The van der Waals surface area contributed by atoms with E-state index >= 15 is 0 Å². The third kappa shape index (κ3) is 94.7. The van der Waals surface area contributed by atoms with Gasteiger partial charge in [-0.2, -0.15) is 0 Å². The number of rotatable bonds is 0. The molecule has 0 nitrogen and oxygen atoms in total. The molecule has 0 amide bonds. The normalized spacial score (nSPS) is 23.1. The average Bonchev–Trinajstić information content (AvgIpc) is 0.592. The Morgan fingerprint density at radius 1 is 0.857 bits per heavy atom. The van der Waals surface area contributed by atoms with Gasteiger partial charge in [0.2, 0.25) is 0 Å². The third-order valence-corrected chi connectivity index (χ3v) is 0. The van der Waals surface area contributed by atoms with Crippen molar-refractivity contribution in [2.75, 3.05) is 0 Å². The Balaban J connectivity index is 4.43. The fourth-order valence-electron chi connectivity index (χ4n) is 0. The number of hydrogen-bond acceptors (Lipinski definition) is 0. The quantitative estimate of drug-likeness (QED) is 0.583. The first-order valence-corrected chi connectivity index (χ1v) is 12.3. The van der Waals surface area contributed by atoms with Crippen LogP contribution in [0.4, 0.5) is 6.93 Å². The van der Waals surface area contributed by atoms with E-state index in [4.69, 9.17) is 0 Å². The molecule has 0 bridgehead atoms. The summed E-state index contributed by atoms with van der Waals surface area (Å²) in [6, 6.07) is 0. The summed E-state index contributed by atoms with van der Waals surface area (Å²) >= 11 is 0. The molecule has 7 heteroatoms. The van der Waals surface area contributed by atoms with Gasteiger partial charge in [0.25, 0.3) is 0 Å². The summed E-state index contributed by atoms with van der Waals surface area (Å²) in [7, 11) is 9.55. The van der Waals surface area contributed by atoms with E-state index in [1.165, 1.54) is 0 Å². The Morgan fingerprint density at radius 2 is 0.857 bits per heavy atom. The van der Waals surface area contributed by atoms with Gasteiger partial charge in [-0.15, -0.1) is 0 Å². The van der Waals surface area contributed by atoms with Gasteiger partial charge in [-0.25, -0.2) is 0 Å². The number of halogens is 6. The molecule has 0 aromatic heterocycles. The van der Waals surface area contributed by atoms with Gasteiger partial charge < -0.3 is 0 Å². The maximum absolute atomic E-state index is 11.6. The van der Waals surface area contributed by atoms with Crippen molar-refractivity contribution in [3.05, 3.63) is 0 Å². The van der Waals surface area contributed by atoms with Gasteiger partial charge in [-0.3, -0.25) is 0 Å². The molecule has 0 aliphatic carbocycles. The molecule has 0 aliphatic rings. The Labute approximate surface area is 55.1 Å². The van der Waals surface area contributed by atoms with Crippen molar-refractivity contribution >= 4 is 48.3 Å². The molecule has 0 atom stereocenters. The minimum absolute atomic E-state index is 4.18. The summed E-state index contributed by atoms with van der Waals surface area (Å²) in [6.45, 7) is 0. The van der Waals surface area contributed by atoms with Crippen molar-refractivity contribution in [1.29, 1.82) is 0 Å². The van der Waals surface area contributed by atoms with Crippen molar-refractivity contribution in [2.45, 2.75) is 0 Å².